The molecule has 0 aromatic heterocycles. The Balaban J connectivity index is 1.73. The van der Waals surface area contributed by atoms with Crippen LogP contribution in [-0.4, -0.2) is 42.8 Å². The van der Waals surface area contributed by atoms with Crippen LogP contribution >= 0.6 is 0 Å². The third-order valence-electron chi connectivity index (χ3n) is 5.48. The third kappa shape index (κ3) is 2.48. The second kappa shape index (κ2) is 6.02. The molecule has 0 bridgehead atoms. The van der Waals surface area contributed by atoms with Crippen LogP contribution in [0, 0.1) is 5.92 Å². The molecule has 3 rings (SSSR count). The Hall–Kier alpha value is -0.610. The van der Waals surface area contributed by atoms with E-state index in [2.05, 4.69) is 10.2 Å². The van der Waals surface area contributed by atoms with Gasteiger partial charge in [-0.1, -0.05) is 25.7 Å². The Bertz CT molecular complexity index is 346. The number of rotatable bonds is 5. The summed E-state index contributed by atoms with van der Waals surface area (Å²) < 4.78 is 5.16. The number of nitrogens with zero attached hydrogens (tertiary/aromatic N) is 1. The van der Waals surface area contributed by atoms with Gasteiger partial charge in [0.1, 0.15) is 0 Å². The summed E-state index contributed by atoms with van der Waals surface area (Å²) in [6, 6.07) is 0. The van der Waals surface area contributed by atoms with Crippen molar-refractivity contribution >= 4 is 5.91 Å². The SMILES string of the molecule is COCCCN1C(=O)C2(CCCC2)NC1C1CCCC1. The number of methoxy groups -OCH3 is 1. The van der Waals surface area contributed by atoms with Gasteiger partial charge in [-0.25, -0.2) is 0 Å². The standard InChI is InChI=1S/C16H28N2O2/c1-20-12-6-11-18-14(13-7-2-3-8-13)17-16(15(18)19)9-4-5-10-16/h13-14,17H,2-12H2,1H3. The van der Waals surface area contributed by atoms with Gasteiger partial charge in [-0.15, -0.1) is 0 Å². The Kier molecular flexibility index (Phi) is 4.32. The topological polar surface area (TPSA) is 41.6 Å². The van der Waals surface area contributed by atoms with Gasteiger partial charge in [0.25, 0.3) is 0 Å². The predicted molar refractivity (Wildman–Crippen MR) is 78.3 cm³/mol. The Labute approximate surface area is 122 Å². The first-order valence-electron chi connectivity index (χ1n) is 8.34. The zero-order chi connectivity index (χ0) is 14.0. The highest BCUT2D eigenvalue weighted by molar-refractivity contribution is 5.89. The quantitative estimate of drug-likeness (QED) is 0.786. The maximum absolute atomic E-state index is 12.9. The molecule has 20 heavy (non-hydrogen) atoms. The summed E-state index contributed by atoms with van der Waals surface area (Å²) in [6.45, 7) is 1.59. The molecule has 1 N–H and O–H groups in total. The van der Waals surface area contributed by atoms with Crippen LogP contribution in [0.25, 0.3) is 0 Å². The predicted octanol–water partition coefficient (Wildman–Crippen LogP) is 2.28. The van der Waals surface area contributed by atoms with Crippen LogP contribution in [0.15, 0.2) is 0 Å². The Morgan fingerprint density at radius 3 is 2.60 bits per heavy atom. The first-order chi connectivity index (χ1) is 9.77. The number of nitrogens with one attached hydrogen (secondary N) is 1. The molecule has 4 heteroatoms. The first kappa shape index (κ1) is 14.3. The van der Waals surface area contributed by atoms with E-state index in [1.165, 1.54) is 38.5 Å². The average Bonchev–Trinajstić information content (AvgIpc) is 3.16. The van der Waals surface area contributed by atoms with Crippen molar-refractivity contribution in [1.29, 1.82) is 0 Å². The van der Waals surface area contributed by atoms with Crippen molar-refractivity contribution in [2.45, 2.75) is 69.5 Å². The van der Waals surface area contributed by atoms with Gasteiger partial charge in [0, 0.05) is 20.3 Å². The van der Waals surface area contributed by atoms with Crippen molar-refractivity contribution in [2.75, 3.05) is 20.3 Å². The summed E-state index contributed by atoms with van der Waals surface area (Å²) in [5.41, 5.74) is -0.208. The molecule has 4 nitrogen and oxygen atoms in total. The fourth-order valence-electron chi connectivity index (χ4n) is 4.43. The molecule has 114 valence electrons. The van der Waals surface area contributed by atoms with Crippen molar-refractivity contribution in [1.82, 2.24) is 10.2 Å². The molecule has 1 spiro atoms. The first-order valence-corrected chi connectivity index (χ1v) is 8.34. The highest BCUT2D eigenvalue weighted by Crippen LogP contribution is 2.41. The highest BCUT2D eigenvalue weighted by Gasteiger charge is 2.53. The van der Waals surface area contributed by atoms with Crippen LogP contribution in [0.4, 0.5) is 0 Å². The molecule has 2 aliphatic carbocycles. The van der Waals surface area contributed by atoms with Crippen LogP contribution in [-0.2, 0) is 9.53 Å². The molecule has 1 saturated heterocycles. The molecule has 1 atom stereocenters. The molecule has 0 radical (unpaired) electrons. The van der Waals surface area contributed by atoms with E-state index in [0.29, 0.717) is 18.0 Å². The van der Waals surface area contributed by atoms with E-state index < -0.39 is 0 Å². The van der Waals surface area contributed by atoms with Gasteiger partial charge in [0.05, 0.1) is 11.7 Å². The zero-order valence-electron chi connectivity index (χ0n) is 12.7. The van der Waals surface area contributed by atoms with Gasteiger partial charge in [-0.05, 0) is 38.0 Å². The molecule has 0 aromatic carbocycles. The lowest BCUT2D eigenvalue weighted by atomic mass is 9.97. The van der Waals surface area contributed by atoms with Gasteiger partial charge in [0.2, 0.25) is 5.91 Å². The number of ether oxygens (including phenoxy) is 1. The molecule has 1 heterocycles. The second-order valence-corrected chi connectivity index (χ2v) is 6.77. The van der Waals surface area contributed by atoms with Crippen molar-refractivity contribution in [3.05, 3.63) is 0 Å². The summed E-state index contributed by atoms with van der Waals surface area (Å²) in [5, 5.41) is 3.77. The van der Waals surface area contributed by atoms with E-state index in [0.717, 1.165) is 32.4 Å². The minimum Gasteiger partial charge on any atom is -0.385 e. The van der Waals surface area contributed by atoms with E-state index in [-0.39, 0.29) is 5.54 Å². The van der Waals surface area contributed by atoms with E-state index in [9.17, 15) is 4.79 Å². The van der Waals surface area contributed by atoms with Gasteiger partial charge < -0.3 is 9.64 Å². The summed E-state index contributed by atoms with van der Waals surface area (Å²) in [5.74, 6) is 1.05. The van der Waals surface area contributed by atoms with Gasteiger partial charge in [-0.2, -0.15) is 0 Å². The summed E-state index contributed by atoms with van der Waals surface area (Å²) in [6.07, 6.45) is 10.9. The molecular weight excluding hydrogens is 252 g/mol. The summed E-state index contributed by atoms with van der Waals surface area (Å²) >= 11 is 0. The van der Waals surface area contributed by atoms with Crippen LogP contribution in [0.3, 0.4) is 0 Å². The Morgan fingerprint density at radius 2 is 1.95 bits per heavy atom. The van der Waals surface area contributed by atoms with Gasteiger partial charge in [0.15, 0.2) is 0 Å². The molecule has 0 aromatic rings. The van der Waals surface area contributed by atoms with Gasteiger partial charge >= 0.3 is 0 Å². The molecule has 1 aliphatic heterocycles. The number of carbonyl (C=O) groups is 1. The van der Waals surface area contributed by atoms with Crippen LogP contribution in [0.2, 0.25) is 0 Å². The van der Waals surface area contributed by atoms with Crippen molar-refractivity contribution < 1.29 is 9.53 Å². The highest BCUT2D eigenvalue weighted by atomic mass is 16.5. The lowest BCUT2D eigenvalue weighted by Crippen LogP contribution is -2.46. The van der Waals surface area contributed by atoms with Crippen molar-refractivity contribution in [2.24, 2.45) is 5.92 Å². The third-order valence-corrected chi connectivity index (χ3v) is 5.48. The molecule has 3 aliphatic rings. The second-order valence-electron chi connectivity index (χ2n) is 6.77. The fraction of sp³-hybridized carbons (Fsp3) is 0.938. The number of carbonyl (C=O) groups excluding carboxylic acids is 1. The summed E-state index contributed by atoms with van der Waals surface area (Å²) in [4.78, 5) is 15.1. The Morgan fingerprint density at radius 1 is 1.25 bits per heavy atom. The molecule has 1 amide bonds. The molecular formula is C16H28N2O2. The van der Waals surface area contributed by atoms with E-state index in [4.69, 9.17) is 4.74 Å². The van der Waals surface area contributed by atoms with E-state index in [1.807, 2.05) is 0 Å². The van der Waals surface area contributed by atoms with Crippen LogP contribution in [0.5, 0.6) is 0 Å². The summed E-state index contributed by atoms with van der Waals surface area (Å²) in [7, 11) is 1.73. The number of hydrogen-bond acceptors (Lipinski definition) is 3. The minimum absolute atomic E-state index is 0.208. The monoisotopic (exact) mass is 280 g/mol. The van der Waals surface area contributed by atoms with E-state index in [1.54, 1.807) is 7.11 Å². The number of hydrogen-bond donors (Lipinski definition) is 1. The van der Waals surface area contributed by atoms with Gasteiger partial charge in [-0.3, -0.25) is 10.1 Å². The zero-order valence-corrected chi connectivity index (χ0v) is 12.7. The van der Waals surface area contributed by atoms with Crippen LogP contribution < -0.4 is 5.32 Å². The smallest absolute Gasteiger partial charge is 0.244 e. The minimum atomic E-state index is -0.208. The molecule has 1 unspecified atom stereocenters. The average molecular weight is 280 g/mol. The largest absolute Gasteiger partial charge is 0.385 e. The molecule has 2 saturated carbocycles. The number of amides is 1. The lowest BCUT2D eigenvalue weighted by molar-refractivity contribution is -0.133. The maximum Gasteiger partial charge on any atom is 0.244 e. The normalized spacial score (nSPS) is 29.9. The fourth-order valence-corrected chi connectivity index (χ4v) is 4.43. The van der Waals surface area contributed by atoms with Crippen LogP contribution in [0.1, 0.15) is 57.8 Å². The van der Waals surface area contributed by atoms with Crippen molar-refractivity contribution in [3.8, 4) is 0 Å². The van der Waals surface area contributed by atoms with Crippen molar-refractivity contribution in [3.63, 3.8) is 0 Å². The maximum atomic E-state index is 12.9. The molecule has 3 fully saturated rings. The lowest BCUT2D eigenvalue weighted by Gasteiger charge is -2.29. The van der Waals surface area contributed by atoms with E-state index >= 15 is 0 Å².